The molecule has 1 aromatic rings. The maximum absolute atomic E-state index is 12.6. The van der Waals surface area contributed by atoms with Gasteiger partial charge in [0.1, 0.15) is 0 Å². The number of ether oxygens (including phenoxy) is 1. The molecule has 10 heteroatoms. The fourth-order valence-corrected chi connectivity index (χ4v) is 4.14. The zero-order valence-corrected chi connectivity index (χ0v) is 16.5. The summed E-state index contributed by atoms with van der Waals surface area (Å²) in [6.45, 7) is 6.18. The van der Waals surface area contributed by atoms with Crippen LogP contribution in [0.5, 0.6) is 5.75 Å². The number of nitro groups is 1. The maximum Gasteiger partial charge on any atom is 0.312 e. The van der Waals surface area contributed by atoms with E-state index in [-0.39, 0.29) is 22.6 Å². The molecule has 1 unspecified atom stereocenters. The van der Waals surface area contributed by atoms with Crippen molar-refractivity contribution in [2.24, 2.45) is 5.92 Å². The second-order valence-electron chi connectivity index (χ2n) is 6.89. The van der Waals surface area contributed by atoms with Gasteiger partial charge in [0.25, 0.3) is 5.91 Å². The number of benzene rings is 1. The topological polar surface area (TPSA) is 119 Å². The molecular weight excluding hydrogens is 374 g/mol. The molecular formula is C17H25N3O6S. The second-order valence-corrected chi connectivity index (χ2v) is 8.82. The summed E-state index contributed by atoms with van der Waals surface area (Å²) in [7, 11) is -3.77. The molecule has 1 aromatic carbocycles. The maximum atomic E-state index is 12.6. The van der Waals surface area contributed by atoms with Crippen LogP contribution in [-0.2, 0) is 14.8 Å². The van der Waals surface area contributed by atoms with Crippen LogP contribution in [-0.4, -0.2) is 49.3 Å². The lowest BCUT2D eigenvalue weighted by atomic mass is 10.1. The lowest BCUT2D eigenvalue weighted by Crippen LogP contribution is -2.39. The van der Waals surface area contributed by atoms with E-state index in [1.165, 1.54) is 16.4 Å². The van der Waals surface area contributed by atoms with Gasteiger partial charge in [0.2, 0.25) is 10.0 Å². The SMILES string of the molecule is CC(C)C(C)NC(=O)COc1ccc(S(=O)(=O)N2CCCC2)cc1[N+](=O)[O-]. The van der Waals surface area contributed by atoms with Gasteiger partial charge in [0.15, 0.2) is 12.4 Å². The minimum Gasteiger partial charge on any atom is -0.477 e. The lowest BCUT2D eigenvalue weighted by molar-refractivity contribution is -0.386. The Morgan fingerprint density at radius 2 is 1.93 bits per heavy atom. The predicted octanol–water partition coefficient (Wildman–Crippen LogP) is 1.92. The van der Waals surface area contributed by atoms with Crippen molar-refractivity contribution >= 4 is 21.6 Å². The van der Waals surface area contributed by atoms with Crippen LogP contribution in [0.1, 0.15) is 33.6 Å². The number of hydrogen-bond donors (Lipinski definition) is 1. The standard InChI is InChI=1S/C17H25N3O6S/c1-12(2)13(3)18-17(21)11-26-16-7-6-14(10-15(16)20(22)23)27(24,25)19-8-4-5-9-19/h6-7,10,12-13H,4-5,8-9,11H2,1-3H3,(H,18,21). The van der Waals surface area contributed by atoms with Crippen molar-refractivity contribution in [3.05, 3.63) is 28.3 Å². The van der Waals surface area contributed by atoms with Crippen LogP contribution in [0.3, 0.4) is 0 Å². The van der Waals surface area contributed by atoms with Crippen LogP contribution in [0.15, 0.2) is 23.1 Å². The van der Waals surface area contributed by atoms with Gasteiger partial charge in [0, 0.05) is 25.2 Å². The smallest absolute Gasteiger partial charge is 0.312 e. The fraction of sp³-hybridized carbons (Fsp3) is 0.588. The molecule has 9 nitrogen and oxygen atoms in total. The summed E-state index contributed by atoms with van der Waals surface area (Å²) in [5.41, 5.74) is -0.486. The van der Waals surface area contributed by atoms with E-state index in [4.69, 9.17) is 4.74 Å². The molecule has 0 radical (unpaired) electrons. The molecule has 1 aliphatic heterocycles. The first-order valence-corrected chi connectivity index (χ1v) is 10.3. The zero-order chi connectivity index (χ0) is 20.2. The van der Waals surface area contributed by atoms with Crippen molar-refractivity contribution in [1.82, 2.24) is 9.62 Å². The normalized spacial score (nSPS) is 16.3. The summed E-state index contributed by atoms with van der Waals surface area (Å²) in [6.07, 6.45) is 1.54. The molecule has 1 fully saturated rings. The number of nitrogens with one attached hydrogen (secondary N) is 1. The van der Waals surface area contributed by atoms with Gasteiger partial charge in [-0.25, -0.2) is 8.42 Å². The first-order chi connectivity index (χ1) is 12.6. The molecule has 1 saturated heterocycles. The van der Waals surface area contributed by atoms with Gasteiger partial charge in [-0.2, -0.15) is 4.31 Å². The molecule has 2 rings (SSSR count). The lowest BCUT2D eigenvalue weighted by Gasteiger charge is -2.18. The third-order valence-corrected chi connectivity index (χ3v) is 6.47. The van der Waals surface area contributed by atoms with E-state index in [0.717, 1.165) is 18.9 Å². The average molecular weight is 399 g/mol. The number of rotatable bonds is 8. The van der Waals surface area contributed by atoms with Crippen molar-refractivity contribution < 1.29 is 22.9 Å². The number of nitrogens with zero attached hydrogens (tertiary/aromatic N) is 2. The predicted molar refractivity (Wildman–Crippen MR) is 99.0 cm³/mol. The van der Waals surface area contributed by atoms with Crippen molar-refractivity contribution in [2.45, 2.75) is 44.6 Å². The van der Waals surface area contributed by atoms with E-state index in [0.29, 0.717) is 13.1 Å². The number of hydrogen-bond acceptors (Lipinski definition) is 6. The molecule has 0 spiro atoms. The van der Waals surface area contributed by atoms with E-state index in [1.54, 1.807) is 0 Å². The largest absolute Gasteiger partial charge is 0.477 e. The van der Waals surface area contributed by atoms with E-state index in [1.807, 2.05) is 20.8 Å². The van der Waals surface area contributed by atoms with Crippen LogP contribution in [0.4, 0.5) is 5.69 Å². The summed E-state index contributed by atoms with van der Waals surface area (Å²) in [6, 6.07) is 3.41. The molecule has 1 aliphatic rings. The second kappa shape index (κ2) is 8.66. The van der Waals surface area contributed by atoms with Crippen molar-refractivity contribution in [3.8, 4) is 5.75 Å². The molecule has 0 bridgehead atoms. The zero-order valence-electron chi connectivity index (χ0n) is 15.7. The highest BCUT2D eigenvalue weighted by Crippen LogP contribution is 2.31. The highest BCUT2D eigenvalue weighted by Gasteiger charge is 2.30. The first-order valence-electron chi connectivity index (χ1n) is 8.83. The third kappa shape index (κ3) is 5.16. The first kappa shape index (κ1) is 21.1. The number of amides is 1. The van der Waals surface area contributed by atoms with Crippen LogP contribution < -0.4 is 10.1 Å². The van der Waals surface area contributed by atoms with Crippen LogP contribution in [0.2, 0.25) is 0 Å². The van der Waals surface area contributed by atoms with Gasteiger partial charge in [-0.3, -0.25) is 14.9 Å². The molecule has 1 heterocycles. The minimum absolute atomic E-state index is 0.0657. The van der Waals surface area contributed by atoms with Gasteiger partial charge < -0.3 is 10.1 Å². The van der Waals surface area contributed by atoms with Crippen molar-refractivity contribution in [2.75, 3.05) is 19.7 Å². The quantitative estimate of drug-likeness (QED) is 0.527. The fourth-order valence-electron chi connectivity index (χ4n) is 2.61. The van der Waals surface area contributed by atoms with Gasteiger partial charge >= 0.3 is 5.69 Å². The highest BCUT2D eigenvalue weighted by molar-refractivity contribution is 7.89. The number of nitro benzene ring substituents is 1. The Kier molecular flexibility index (Phi) is 6.77. The summed E-state index contributed by atoms with van der Waals surface area (Å²) in [5, 5.41) is 14.1. The highest BCUT2D eigenvalue weighted by atomic mass is 32.2. The monoisotopic (exact) mass is 399 g/mol. The Bertz CT molecular complexity index is 803. The number of sulfonamides is 1. The Labute approximate surface area is 158 Å². The van der Waals surface area contributed by atoms with E-state index in [9.17, 15) is 23.3 Å². The van der Waals surface area contributed by atoms with Gasteiger partial charge in [0.05, 0.1) is 9.82 Å². The van der Waals surface area contributed by atoms with Crippen LogP contribution in [0.25, 0.3) is 0 Å². The number of carbonyl (C=O) groups is 1. The molecule has 1 amide bonds. The molecule has 27 heavy (non-hydrogen) atoms. The summed E-state index contributed by atoms with van der Waals surface area (Å²) < 4.78 is 31.7. The van der Waals surface area contributed by atoms with Crippen molar-refractivity contribution in [1.29, 1.82) is 0 Å². The van der Waals surface area contributed by atoms with Gasteiger partial charge in [-0.1, -0.05) is 13.8 Å². The van der Waals surface area contributed by atoms with Crippen LogP contribution in [0, 0.1) is 16.0 Å². The molecule has 150 valence electrons. The summed E-state index contributed by atoms with van der Waals surface area (Å²) in [4.78, 5) is 22.4. The Hall–Kier alpha value is -2.20. The van der Waals surface area contributed by atoms with Crippen LogP contribution >= 0.6 is 0 Å². The van der Waals surface area contributed by atoms with Gasteiger partial charge in [-0.15, -0.1) is 0 Å². The van der Waals surface area contributed by atoms with Gasteiger partial charge in [-0.05, 0) is 37.8 Å². The minimum atomic E-state index is -3.77. The van der Waals surface area contributed by atoms with E-state index >= 15 is 0 Å². The Morgan fingerprint density at radius 3 is 2.48 bits per heavy atom. The molecule has 1 atom stereocenters. The molecule has 1 N–H and O–H groups in total. The molecule has 0 aliphatic carbocycles. The number of carbonyl (C=O) groups excluding carboxylic acids is 1. The Balaban J connectivity index is 2.16. The summed E-state index contributed by atoms with van der Waals surface area (Å²) >= 11 is 0. The Morgan fingerprint density at radius 1 is 1.30 bits per heavy atom. The van der Waals surface area contributed by atoms with E-state index in [2.05, 4.69) is 5.32 Å². The third-order valence-electron chi connectivity index (χ3n) is 4.58. The average Bonchev–Trinajstić information content (AvgIpc) is 3.15. The summed E-state index contributed by atoms with van der Waals surface area (Å²) in [5.74, 6) is -0.314. The molecule has 0 saturated carbocycles. The molecule has 0 aromatic heterocycles. The van der Waals surface area contributed by atoms with E-state index < -0.39 is 33.1 Å². The van der Waals surface area contributed by atoms with Crippen molar-refractivity contribution in [3.63, 3.8) is 0 Å².